The number of nitrogens with one attached hydrogen (secondary N) is 1. The van der Waals surface area contributed by atoms with Crippen LogP contribution in [0, 0.1) is 5.92 Å². The second-order valence-corrected chi connectivity index (χ2v) is 5.48. The molecule has 0 aromatic heterocycles. The van der Waals surface area contributed by atoms with Gasteiger partial charge in [-0.3, -0.25) is 4.79 Å². The Labute approximate surface area is 116 Å². The zero-order chi connectivity index (χ0) is 14.6. The van der Waals surface area contributed by atoms with Crippen LogP contribution in [0.5, 0.6) is 0 Å². The Morgan fingerprint density at radius 3 is 2.60 bits per heavy atom. The maximum Gasteiger partial charge on any atom is 0.391 e. The molecule has 2 fully saturated rings. The summed E-state index contributed by atoms with van der Waals surface area (Å²) in [5.41, 5.74) is 0. The van der Waals surface area contributed by atoms with Crippen molar-refractivity contribution < 1.29 is 22.7 Å². The molecule has 4 nitrogen and oxygen atoms in total. The average molecular weight is 294 g/mol. The molecule has 2 rings (SSSR count). The lowest BCUT2D eigenvalue weighted by Gasteiger charge is -2.32. The lowest BCUT2D eigenvalue weighted by molar-refractivity contribution is -0.183. The van der Waals surface area contributed by atoms with Gasteiger partial charge in [-0.1, -0.05) is 6.42 Å². The van der Waals surface area contributed by atoms with E-state index in [-0.39, 0.29) is 31.3 Å². The summed E-state index contributed by atoms with van der Waals surface area (Å²) in [5, 5.41) is 2.99. The van der Waals surface area contributed by atoms with E-state index in [1.807, 2.05) is 0 Å². The van der Waals surface area contributed by atoms with Gasteiger partial charge < -0.3 is 15.0 Å². The molecule has 1 heterocycles. The van der Waals surface area contributed by atoms with Crippen LogP contribution in [0.3, 0.4) is 0 Å². The molecule has 0 aromatic rings. The Morgan fingerprint density at radius 1 is 1.25 bits per heavy atom. The van der Waals surface area contributed by atoms with Crippen molar-refractivity contribution in [1.29, 1.82) is 0 Å². The van der Waals surface area contributed by atoms with Gasteiger partial charge in [0.2, 0.25) is 5.91 Å². The minimum absolute atomic E-state index is 0.0533. The van der Waals surface area contributed by atoms with Crippen molar-refractivity contribution in [3.63, 3.8) is 0 Å². The number of nitrogens with zero attached hydrogens (tertiary/aromatic N) is 1. The Hall–Kier alpha value is -0.820. The highest BCUT2D eigenvalue weighted by molar-refractivity contribution is 5.78. The predicted octanol–water partition coefficient (Wildman–Crippen LogP) is 1.56. The fraction of sp³-hybridized carbons (Fsp3) is 0.923. The number of hydrogen-bond acceptors (Lipinski definition) is 3. The molecular formula is C13H21F3N2O2. The van der Waals surface area contributed by atoms with Gasteiger partial charge >= 0.3 is 6.18 Å². The number of hydrogen-bond donors (Lipinski definition) is 1. The summed E-state index contributed by atoms with van der Waals surface area (Å²) in [6.07, 6.45) is -2.55. The molecule has 2 atom stereocenters. The Bertz CT molecular complexity index is 330. The normalized spacial score (nSPS) is 28.4. The summed E-state index contributed by atoms with van der Waals surface area (Å²) >= 11 is 0. The van der Waals surface area contributed by atoms with Crippen LogP contribution >= 0.6 is 0 Å². The first kappa shape index (κ1) is 15.6. The Kier molecular flexibility index (Phi) is 5.26. The fourth-order valence-electron chi connectivity index (χ4n) is 2.83. The summed E-state index contributed by atoms with van der Waals surface area (Å²) in [6, 6.07) is -0.208. The van der Waals surface area contributed by atoms with Crippen molar-refractivity contribution in [3.8, 4) is 0 Å². The molecule has 0 aromatic carbocycles. The molecule has 1 N–H and O–H groups in total. The van der Waals surface area contributed by atoms with Crippen molar-refractivity contribution in [2.75, 3.05) is 32.8 Å². The summed E-state index contributed by atoms with van der Waals surface area (Å²) in [4.78, 5) is 13.6. The smallest absolute Gasteiger partial charge is 0.378 e. The number of carbonyl (C=O) groups excluding carboxylic acids is 1. The number of morpholine rings is 1. The van der Waals surface area contributed by atoms with Crippen LogP contribution in [0.15, 0.2) is 0 Å². The minimum atomic E-state index is -4.12. The van der Waals surface area contributed by atoms with Gasteiger partial charge in [-0.2, -0.15) is 13.2 Å². The number of ether oxygens (including phenoxy) is 1. The molecule has 0 radical (unpaired) electrons. The first-order valence-electron chi connectivity index (χ1n) is 7.12. The van der Waals surface area contributed by atoms with Crippen molar-refractivity contribution in [1.82, 2.24) is 10.2 Å². The van der Waals surface area contributed by atoms with Crippen LogP contribution in [0.25, 0.3) is 0 Å². The molecule has 1 saturated heterocycles. The number of rotatable bonds is 3. The summed E-state index contributed by atoms with van der Waals surface area (Å²) < 4.78 is 43.2. The van der Waals surface area contributed by atoms with Crippen molar-refractivity contribution in [2.24, 2.45) is 5.92 Å². The van der Waals surface area contributed by atoms with E-state index >= 15 is 0 Å². The van der Waals surface area contributed by atoms with Crippen molar-refractivity contribution >= 4 is 5.91 Å². The fourth-order valence-corrected chi connectivity index (χ4v) is 2.83. The van der Waals surface area contributed by atoms with Crippen LogP contribution in [0.4, 0.5) is 13.2 Å². The molecule has 0 bridgehead atoms. The van der Waals surface area contributed by atoms with Crippen molar-refractivity contribution in [3.05, 3.63) is 0 Å². The summed E-state index contributed by atoms with van der Waals surface area (Å²) in [5.74, 6) is -1.28. The number of halogens is 3. The zero-order valence-electron chi connectivity index (χ0n) is 11.4. The molecule has 2 unspecified atom stereocenters. The molecule has 116 valence electrons. The number of carbonyl (C=O) groups is 1. The van der Waals surface area contributed by atoms with E-state index in [0.717, 1.165) is 0 Å². The van der Waals surface area contributed by atoms with Crippen LogP contribution in [-0.2, 0) is 9.53 Å². The average Bonchev–Trinajstić information content (AvgIpc) is 2.45. The van der Waals surface area contributed by atoms with E-state index in [4.69, 9.17) is 4.74 Å². The molecule has 7 heteroatoms. The summed E-state index contributed by atoms with van der Waals surface area (Å²) in [7, 11) is 0. The van der Waals surface area contributed by atoms with Crippen LogP contribution < -0.4 is 5.32 Å². The molecule has 1 aliphatic carbocycles. The first-order valence-corrected chi connectivity index (χ1v) is 7.12. The molecule has 1 saturated carbocycles. The minimum Gasteiger partial charge on any atom is -0.378 e. The van der Waals surface area contributed by atoms with Gasteiger partial charge in [0.25, 0.3) is 0 Å². The van der Waals surface area contributed by atoms with E-state index in [2.05, 4.69) is 5.32 Å². The van der Waals surface area contributed by atoms with Gasteiger partial charge in [0.15, 0.2) is 0 Å². The number of amides is 1. The molecular weight excluding hydrogens is 273 g/mol. The van der Waals surface area contributed by atoms with Gasteiger partial charge in [0, 0.05) is 19.1 Å². The van der Waals surface area contributed by atoms with Gasteiger partial charge in [-0.15, -0.1) is 0 Å². The van der Waals surface area contributed by atoms with Crippen LogP contribution in [-0.4, -0.2) is 55.9 Å². The quantitative estimate of drug-likeness (QED) is 0.859. The zero-order valence-corrected chi connectivity index (χ0v) is 11.4. The van der Waals surface area contributed by atoms with Gasteiger partial charge in [0.05, 0.1) is 25.7 Å². The van der Waals surface area contributed by atoms with E-state index < -0.39 is 12.1 Å². The SMILES string of the molecule is O=C(CNC1CCCC(C(F)(F)F)C1)N1CCOCC1. The number of alkyl halides is 3. The predicted molar refractivity (Wildman–Crippen MR) is 67.2 cm³/mol. The lowest BCUT2D eigenvalue weighted by atomic mass is 9.85. The maximum atomic E-state index is 12.7. The molecule has 1 aliphatic heterocycles. The standard InChI is InChI=1S/C13H21F3N2O2/c14-13(15,16)10-2-1-3-11(8-10)17-9-12(19)18-4-6-20-7-5-18/h10-11,17H,1-9H2. The Morgan fingerprint density at radius 2 is 1.95 bits per heavy atom. The second-order valence-electron chi connectivity index (χ2n) is 5.48. The first-order chi connectivity index (χ1) is 9.47. The van der Waals surface area contributed by atoms with Crippen LogP contribution in [0.2, 0.25) is 0 Å². The van der Waals surface area contributed by atoms with Gasteiger partial charge in [0.1, 0.15) is 0 Å². The van der Waals surface area contributed by atoms with E-state index in [9.17, 15) is 18.0 Å². The molecule has 20 heavy (non-hydrogen) atoms. The molecule has 2 aliphatic rings. The highest BCUT2D eigenvalue weighted by Gasteiger charge is 2.42. The van der Waals surface area contributed by atoms with E-state index in [0.29, 0.717) is 39.1 Å². The van der Waals surface area contributed by atoms with E-state index in [1.54, 1.807) is 4.90 Å². The summed E-state index contributed by atoms with van der Waals surface area (Å²) in [6.45, 7) is 2.32. The second kappa shape index (κ2) is 6.76. The third kappa shape index (κ3) is 4.34. The van der Waals surface area contributed by atoms with Crippen LogP contribution in [0.1, 0.15) is 25.7 Å². The highest BCUT2D eigenvalue weighted by Crippen LogP contribution is 2.37. The Balaban J connectivity index is 1.74. The monoisotopic (exact) mass is 294 g/mol. The highest BCUT2D eigenvalue weighted by atomic mass is 19.4. The van der Waals surface area contributed by atoms with Crippen molar-refractivity contribution in [2.45, 2.75) is 37.9 Å². The molecule has 1 amide bonds. The lowest BCUT2D eigenvalue weighted by Crippen LogP contribution is -2.47. The topological polar surface area (TPSA) is 41.6 Å². The maximum absolute atomic E-state index is 12.7. The third-order valence-corrected chi connectivity index (χ3v) is 4.04. The van der Waals surface area contributed by atoms with Gasteiger partial charge in [-0.05, 0) is 19.3 Å². The third-order valence-electron chi connectivity index (χ3n) is 4.04. The van der Waals surface area contributed by atoms with E-state index in [1.165, 1.54) is 0 Å². The van der Waals surface area contributed by atoms with Gasteiger partial charge in [-0.25, -0.2) is 0 Å². The molecule has 0 spiro atoms. The largest absolute Gasteiger partial charge is 0.391 e.